The fraction of sp³-hybridized carbons (Fsp3) is 0.0769. The number of carbonyl (C=O) groups is 1. The minimum absolute atomic E-state index is 0.207. The summed E-state index contributed by atoms with van der Waals surface area (Å²) in [5.41, 5.74) is 0.0146. The number of nitrogens with one attached hydrogen (secondary N) is 1. The third-order valence-corrected chi connectivity index (χ3v) is 2.96. The second kappa shape index (κ2) is 5.96. The Balaban J connectivity index is 2.28. The molecule has 1 amide bonds. The molecule has 1 heterocycles. The molecule has 0 saturated heterocycles. The summed E-state index contributed by atoms with van der Waals surface area (Å²) in [6, 6.07) is 6.83. The lowest BCUT2D eigenvalue weighted by atomic mass is 10.2. The molecule has 0 radical (unpaired) electrons. The van der Waals surface area contributed by atoms with Crippen LogP contribution in [0.3, 0.4) is 0 Å². The van der Waals surface area contributed by atoms with Gasteiger partial charge in [-0.15, -0.1) is 0 Å². The number of anilines is 1. The summed E-state index contributed by atoms with van der Waals surface area (Å²) in [6.07, 6.45) is 0. The van der Waals surface area contributed by atoms with Crippen molar-refractivity contribution in [3.8, 4) is 5.75 Å². The zero-order chi connectivity index (χ0) is 14.7. The monoisotopic (exact) mass is 342 g/mol. The van der Waals surface area contributed by atoms with E-state index in [1.165, 1.54) is 13.2 Å². The summed E-state index contributed by atoms with van der Waals surface area (Å²) < 4.78 is 31.9. The van der Waals surface area contributed by atoms with E-state index >= 15 is 0 Å². The number of carbonyl (C=O) groups excluding carboxylic acids is 1. The molecule has 1 N–H and O–H groups in total. The Morgan fingerprint density at radius 1 is 1.30 bits per heavy atom. The highest BCUT2D eigenvalue weighted by Crippen LogP contribution is 2.24. The van der Waals surface area contributed by atoms with Crippen LogP contribution < -0.4 is 10.1 Å². The molecule has 0 unspecified atom stereocenters. The van der Waals surface area contributed by atoms with Crippen LogP contribution >= 0.6 is 15.9 Å². The maximum atomic E-state index is 13.4. The van der Waals surface area contributed by atoms with Gasteiger partial charge < -0.3 is 10.1 Å². The van der Waals surface area contributed by atoms with E-state index in [1.807, 2.05) is 0 Å². The SMILES string of the molecule is COc1cc(Br)ccc1C(=O)Nc1ccc(F)nc1F. The molecule has 1 aromatic heterocycles. The van der Waals surface area contributed by atoms with E-state index in [2.05, 4.69) is 26.2 Å². The molecule has 0 aliphatic rings. The minimum atomic E-state index is -1.09. The van der Waals surface area contributed by atoms with Crippen molar-refractivity contribution < 1.29 is 18.3 Å². The van der Waals surface area contributed by atoms with Gasteiger partial charge in [0, 0.05) is 4.47 Å². The molecule has 2 rings (SSSR count). The third-order valence-electron chi connectivity index (χ3n) is 2.47. The highest BCUT2D eigenvalue weighted by molar-refractivity contribution is 9.10. The number of nitrogens with zero attached hydrogens (tertiary/aromatic N) is 1. The Labute approximate surface area is 121 Å². The van der Waals surface area contributed by atoms with Crippen molar-refractivity contribution in [3.63, 3.8) is 0 Å². The molecular formula is C13H9BrF2N2O2. The molecule has 7 heteroatoms. The zero-order valence-corrected chi connectivity index (χ0v) is 11.9. The van der Waals surface area contributed by atoms with Crippen LogP contribution in [0.1, 0.15) is 10.4 Å². The number of hydrogen-bond donors (Lipinski definition) is 1. The van der Waals surface area contributed by atoms with Crippen molar-refractivity contribution in [1.29, 1.82) is 0 Å². The Bertz CT molecular complexity index is 665. The van der Waals surface area contributed by atoms with E-state index in [4.69, 9.17) is 4.74 Å². The Hall–Kier alpha value is -2.02. The van der Waals surface area contributed by atoms with Gasteiger partial charge in [0.1, 0.15) is 5.75 Å². The average Bonchev–Trinajstić information content (AvgIpc) is 2.41. The van der Waals surface area contributed by atoms with Crippen molar-refractivity contribution in [2.45, 2.75) is 0 Å². The maximum Gasteiger partial charge on any atom is 0.259 e. The number of amides is 1. The van der Waals surface area contributed by atoms with Gasteiger partial charge in [0.15, 0.2) is 0 Å². The normalized spacial score (nSPS) is 10.2. The molecular weight excluding hydrogens is 334 g/mol. The van der Waals surface area contributed by atoms with Gasteiger partial charge >= 0.3 is 0 Å². The van der Waals surface area contributed by atoms with Crippen molar-refractivity contribution in [1.82, 2.24) is 4.98 Å². The third kappa shape index (κ3) is 3.11. The van der Waals surface area contributed by atoms with Gasteiger partial charge in [-0.05, 0) is 30.3 Å². The Kier molecular flexibility index (Phi) is 4.29. The molecule has 0 spiro atoms. The largest absolute Gasteiger partial charge is 0.496 e. The summed E-state index contributed by atoms with van der Waals surface area (Å²) in [5, 5.41) is 2.31. The van der Waals surface area contributed by atoms with Gasteiger partial charge in [-0.2, -0.15) is 13.8 Å². The summed E-state index contributed by atoms with van der Waals surface area (Å²) in [6.45, 7) is 0. The van der Waals surface area contributed by atoms with Gasteiger partial charge in [0.05, 0.1) is 18.4 Å². The molecule has 0 atom stereocenters. The first-order chi connectivity index (χ1) is 9.51. The van der Waals surface area contributed by atoms with Gasteiger partial charge in [0.2, 0.25) is 11.9 Å². The number of pyridine rings is 1. The lowest BCUT2D eigenvalue weighted by Crippen LogP contribution is -2.14. The number of halogens is 3. The van der Waals surface area contributed by atoms with Crippen molar-refractivity contribution in [2.24, 2.45) is 0 Å². The number of hydrogen-bond acceptors (Lipinski definition) is 3. The predicted molar refractivity (Wildman–Crippen MR) is 72.8 cm³/mol. The summed E-state index contributed by atoms with van der Waals surface area (Å²) >= 11 is 3.25. The van der Waals surface area contributed by atoms with E-state index in [1.54, 1.807) is 12.1 Å². The smallest absolute Gasteiger partial charge is 0.259 e. The fourth-order valence-corrected chi connectivity index (χ4v) is 1.89. The molecule has 20 heavy (non-hydrogen) atoms. The second-order valence-electron chi connectivity index (χ2n) is 3.77. The van der Waals surface area contributed by atoms with Crippen LogP contribution in [0.15, 0.2) is 34.8 Å². The van der Waals surface area contributed by atoms with Crippen molar-refractivity contribution in [3.05, 3.63) is 52.3 Å². The van der Waals surface area contributed by atoms with E-state index in [0.717, 1.165) is 16.6 Å². The quantitative estimate of drug-likeness (QED) is 0.870. The summed E-state index contributed by atoms with van der Waals surface area (Å²) in [7, 11) is 1.42. The predicted octanol–water partition coefficient (Wildman–Crippen LogP) is 3.38. The van der Waals surface area contributed by atoms with Crippen molar-refractivity contribution >= 4 is 27.5 Å². The average molecular weight is 343 g/mol. The molecule has 0 saturated carbocycles. The first-order valence-corrected chi connectivity index (χ1v) is 6.27. The highest BCUT2D eigenvalue weighted by Gasteiger charge is 2.15. The standard InChI is InChI=1S/C13H9BrF2N2O2/c1-20-10-6-7(14)2-3-8(10)13(19)17-9-4-5-11(15)18-12(9)16/h2-6H,1H3,(H,17,19). The second-order valence-corrected chi connectivity index (χ2v) is 4.69. The molecule has 0 bridgehead atoms. The number of methoxy groups -OCH3 is 1. The Morgan fingerprint density at radius 2 is 2.05 bits per heavy atom. The first kappa shape index (κ1) is 14.4. The van der Waals surface area contributed by atoms with Gasteiger partial charge in [-0.25, -0.2) is 0 Å². The highest BCUT2D eigenvalue weighted by atomic mass is 79.9. The topological polar surface area (TPSA) is 51.2 Å². The summed E-state index contributed by atoms with van der Waals surface area (Å²) in [5.74, 6) is -2.30. The van der Waals surface area contributed by atoms with Crippen molar-refractivity contribution in [2.75, 3.05) is 12.4 Å². The summed E-state index contributed by atoms with van der Waals surface area (Å²) in [4.78, 5) is 15.0. The molecule has 104 valence electrons. The van der Waals surface area contributed by atoms with Crippen LogP contribution in [-0.2, 0) is 0 Å². The van der Waals surface area contributed by atoms with E-state index in [0.29, 0.717) is 5.75 Å². The first-order valence-electron chi connectivity index (χ1n) is 5.48. The molecule has 0 aliphatic carbocycles. The zero-order valence-electron chi connectivity index (χ0n) is 10.3. The molecule has 0 aliphatic heterocycles. The van der Waals surface area contributed by atoms with Crippen LogP contribution in [0.25, 0.3) is 0 Å². The number of aromatic nitrogens is 1. The maximum absolute atomic E-state index is 13.4. The molecule has 4 nitrogen and oxygen atoms in total. The van der Waals surface area contributed by atoms with E-state index in [9.17, 15) is 13.6 Å². The van der Waals surface area contributed by atoms with Crippen LogP contribution in [0, 0.1) is 11.9 Å². The molecule has 1 aromatic carbocycles. The molecule has 2 aromatic rings. The minimum Gasteiger partial charge on any atom is -0.496 e. The van der Waals surface area contributed by atoms with Crippen LogP contribution in [-0.4, -0.2) is 18.0 Å². The number of benzene rings is 1. The fourth-order valence-electron chi connectivity index (χ4n) is 1.55. The molecule has 0 fully saturated rings. The van der Waals surface area contributed by atoms with Crippen LogP contribution in [0.5, 0.6) is 5.75 Å². The number of rotatable bonds is 3. The van der Waals surface area contributed by atoms with Gasteiger partial charge in [-0.3, -0.25) is 4.79 Å². The van der Waals surface area contributed by atoms with E-state index in [-0.39, 0.29) is 11.3 Å². The van der Waals surface area contributed by atoms with Gasteiger partial charge in [0.25, 0.3) is 5.91 Å². The lowest BCUT2D eigenvalue weighted by Gasteiger charge is -2.10. The van der Waals surface area contributed by atoms with Crippen LogP contribution in [0.4, 0.5) is 14.5 Å². The van der Waals surface area contributed by atoms with E-state index < -0.39 is 17.8 Å². The Morgan fingerprint density at radius 3 is 2.70 bits per heavy atom. The lowest BCUT2D eigenvalue weighted by molar-refractivity contribution is 0.102. The van der Waals surface area contributed by atoms with Crippen LogP contribution in [0.2, 0.25) is 0 Å². The number of ether oxygens (including phenoxy) is 1. The van der Waals surface area contributed by atoms with Gasteiger partial charge in [-0.1, -0.05) is 15.9 Å².